The molecule has 4 heteroatoms. The number of aliphatic hydroxyl groups is 1. The van der Waals surface area contributed by atoms with Crippen molar-refractivity contribution in [2.75, 3.05) is 6.54 Å². The second-order valence-electron chi connectivity index (χ2n) is 8.67. The number of benzene rings is 1. The molecule has 0 aliphatic heterocycles. The number of rotatable bonds is 4. The zero-order chi connectivity index (χ0) is 20.4. The van der Waals surface area contributed by atoms with Gasteiger partial charge in [-0.3, -0.25) is 0 Å². The molecular weight excluding hydrogens is 350 g/mol. The van der Waals surface area contributed by atoms with Gasteiger partial charge in [0, 0.05) is 18.0 Å². The van der Waals surface area contributed by atoms with Crippen molar-refractivity contribution in [1.29, 1.82) is 0 Å². The number of hydrogen-bond acceptors (Lipinski definition) is 3. The van der Waals surface area contributed by atoms with Crippen LogP contribution >= 0.6 is 0 Å². The highest BCUT2D eigenvalue weighted by Gasteiger charge is 2.16. The van der Waals surface area contributed by atoms with E-state index in [1.165, 1.54) is 44.9 Å². The van der Waals surface area contributed by atoms with Crippen LogP contribution in [0.1, 0.15) is 89.4 Å². The summed E-state index contributed by atoms with van der Waals surface area (Å²) in [7, 11) is 0. The third-order valence-corrected chi connectivity index (χ3v) is 4.88. The van der Waals surface area contributed by atoms with Crippen LogP contribution in [-0.2, 0) is 4.74 Å². The molecule has 2 rings (SSSR count). The zero-order valence-corrected chi connectivity index (χ0v) is 17.6. The summed E-state index contributed by atoms with van der Waals surface area (Å²) in [5.74, 6) is 7.25. The standard InChI is InChI=1S/C24H35NO3/c1-24(2,3)28-23(27)25-17-16-22(26)21-13-9-12-20(18-21)15-14-19-10-7-5-4-6-8-11-19/h9,12-13,18-19,22,26H,4-8,10-11,16-17H2,1-3H3,(H,25,27). The minimum absolute atomic E-state index is 0.355. The van der Waals surface area contributed by atoms with Crippen molar-refractivity contribution >= 4 is 6.09 Å². The molecule has 0 aromatic heterocycles. The number of nitrogens with one attached hydrogen (secondary N) is 1. The summed E-state index contributed by atoms with van der Waals surface area (Å²) in [6, 6.07) is 7.78. The molecule has 1 atom stereocenters. The van der Waals surface area contributed by atoms with E-state index in [-0.39, 0.29) is 0 Å². The molecule has 28 heavy (non-hydrogen) atoms. The van der Waals surface area contributed by atoms with Crippen LogP contribution in [0.2, 0.25) is 0 Å². The third kappa shape index (κ3) is 8.80. The zero-order valence-electron chi connectivity index (χ0n) is 17.6. The summed E-state index contributed by atoms with van der Waals surface area (Å²) >= 11 is 0. The molecule has 1 fully saturated rings. The van der Waals surface area contributed by atoms with Crippen molar-refractivity contribution in [2.24, 2.45) is 5.92 Å². The topological polar surface area (TPSA) is 58.6 Å². The number of carbonyl (C=O) groups excluding carboxylic acids is 1. The van der Waals surface area contributed by atoms with Crippen molar-refractivity contribution in [2.45, 2.75) is 83.8 Å². The van der Waals surface area contributed by atoms with Crippen LogP contribution in [0.15, 0.2) is 24.3 Å². The van der Waals surface area contributed by atoms with Gasteiger partial charge in [0.15, 0.2) is 0 Å². The highest BCUT2D eigenvalue weighted by molar-refractivity contribution is 5.67. The number of ether oxygens (including phenoxy) is 1. The molecule has 0 heterocycles. The predicted octanol–water partition coefficient (Wildman–Crippen LogP) is 5.35. The Morgan fingerprint density at radius 3 is 2.57 bits per heavy atom. The van der Waals surface area contributed by atoms with Gasteiger partial charge in [0.25, 0.3) is 0 Å². The van der Waals surface area contributed by atoms with Crippen molar-refractivity contribution in [3.05, 3.63) is 35.4 Å². The number of aliphatic hydroxyl groups excluding tert-OH is 1. The van der Waals surface area contributed by atoms with E-state index in [1.807, 2.05) is 45.0 Å². The molecule has 154 valence electrons. The molecule has 1 unspecified atom stereocenters. The Balaban J connectivity index is 1.86. The van der Waals surface area contributed by atoms with Crippen LogP contribution in [0.25, 0.3) is 0 Å². The lowest BCUT2D eigenvalue weighted by molar-refractivity contribution is 0.0518. The Bertz CT molecular complexity index is 673. The van der Waals surface area contributed by atoms with E-state index < -0.39 is 17.8 Å². The van der Waals surface area contributed by atoms with Crippen LogP contribution in [-0.4, -0.2) is 23.3 Å². The molecule has 1 aromatic rings. The number of amides is 1. The van der Waals surface area contributed by atoms with E-state index >= 15 is 0 Å². The largest absolute Gasteiger partial charge is 0.444 e. The van der Waals surface area contributed by atoms with Gasteiger partial charge < -0.3 is 15.2 Å². The maximum Gasteiger partial charge on any atom is 0.407 e. The van der Waals surface area contributed by atoms with E-state index in [0.717, 1.165) is 11.1 Å². The Labute approximate surface area is 170 Å². The fourth-order valence-corrected chi connectivity index (χ4v) is 3.40. The molecule has 0 saturated heterocycles. The minimum Gasteiger partial charge on any atom is -0.444 e. The summed E-state index contributed by atoms with van der Waals surface area (Å²) in [5.41, 5.74) is 1.25. The fraction of sp³-hybridized carbons (Fsp3) is 0.625. The maximum atomic E-state index is 11.7. The average molecular weight is 386 g/mol. The average Bonchev–Trinajstić information content (AvgIpc) is 2.59. The van der Waals surface area contributed by atoms with Crippen LogP contribution < -0.4 is 5.32 Å². The lowest BCUT2D eigenvalue weighted by Crippen LogP contribution is -2.33. The highest BCUT2D eigenvalue weighted by atomic mass is 16.6. The van der Waals surface area contributed by atoms with Crippen LogP contribution in [0, 0.1) is 17.8 Å². The van der Waals surface area contributed by atoms with Crippen LogP contribution in [0.3, 0.4) is 0 Å². The summed E-state index contributed by atoms with van der Waals surface area (Å²) < 4.78 is 5.20. The van der Waals surface area contributed by atoms with Gasteiger partial charge in [0.2, 0.25) is 0 Å². The van der Waals surface area contributed by atoms with Crippen molar-refractivity contribution in [1.82, 2.24) is 5.32 Å². The van der Waals surface area contributed by atoms with E-state index in [4.69, 9.17) is 4.74 Å². The van der Waals surface area contributed by atoms with Crippen molar-refractivity contribution in [3.8, 4) is 11.8 Å². The summed E-state index contributed by atoms with van der Waals surface area (Å²) in [5, 5.41) is 13.1. The van der Waals surface area contributed by atoms with Gasteiger partial charge in [-0.1, -0.05) is 56.1 Å². The summed E-state index contributed by atoms with van der Waals surface area (Å²) in [4.78, 5) is 11.7. The molecule has 4 nitrogen and oxygen atoms in total. The van der Waals surface area contributed by atoms with Gasteiger partial charge in [-0.15, -0.1) is 0 Å². The van der Waals surface area contributed by atoms with Gasteiger partial charge in [0.1, 0.15) is 5.60 Å². The van der Waals surface area contributed by atoms with Gasteiger partial charge in [-0.05, 0) is 57.7 Å². The first-order valence-electron chi connectivity index (χ1n) is 10.6. The lowest BCUT2D eigenvalue weighted by Gasteiger charge is -2.20. The lowest BCUT2D eigenvalue weighted by atomic mass is 9.91. The second kappa shape index (κ2) is 11.1. The maximum absolute atomic E-state index is 11.7. The van der Waals surface area contributed by atoms with Crippen molar-refractivity contribution < 1.29 is 14.6 Å². The first-order valence-corrected chi connectivity index (χ1v) is 10.6. The quantitative estimate of drug-likeness (QED) is 0.687. The Kier molecular flexibility index (Phi) is 8.86. The van der Waals surface area contributed by atoms with Gasteiger partial charge in [-0.2, -0.15) is 0 Å². The second-order valence-corrected chi connectivity index (χ2v) is 8.67. The van der Waals surface area contributed by atoms with E-state index in [9.17, 15) is 9.90 Å². The number of carbonyl (C=O) groups is 1. The molecule has 1 amide bonds. The highest BCUT2D eigenvalue weighted by Crippen LogP contribution is 2.22. The third-order valence-electron chi connectivity index (χ3n) is 4.88. The Hall–Kier alpha value is -1.99. The molecule has 1 saturated carbocycles. The SMILES string of the molecule is CC(C)(C)OC(=O)NCCC(O)c1cccc(C#CC2CCCCCCC2)c1. The molecular formula is C24H35NO3. The first kappa shape index (κ1) is 22.3. The van der Waals surface area contributed by atoms with Gasteiger partial charge in [-0.25, -0.2) is 4.79 Å². The van der Waals surface area contributed by atoms with Crippen LogP contribution in [0.5, 0.6) is 0 Å². The molecule has 0 spiro atoms. The van der Waals surface area contributed by atoms with E-state index in [2.05, 4.69) is 17.2 Å². The molecule has 2 N–H and O–H groups in total. The molecule has 0 radical (unpaired) electrons. The molecule has 0 bridgehead atoms. The summed E-state index contributed by atoms with van der Waals surface area (Å²) in [6.45, 7) is 5.83. The minimum atomic E-state index is -0.641. The molecule has 1 aliphatic rings. The van der Waals surface area contributed by atoms with Gasteiger partial charge in [0.05, 0.1) is 6.10 Å². The van der Waals surface area contributed by atoms with Gasteiger partial charge >= 0.3 is 6.09 Å². The van der Waals surface area contributed by atoms with E-state index in [0.29, 0.717) is 18.9 Å². The predicted molar refractivity (Wildman–Crippen MR) is 113 cm³/mol. The monoisotopic (exact) mass is 385 g/mol. The normalized spacial score (nSPS) is 16.9. The van der Waals surface area contributed by atoms with E-state index in [1.54, 1.807) is 0 Å². The Morgan fingerprint density at radius 1 is 1.21 bits per heavy atom. The van der Waals surface area contributed by atoms with Crippen molar-refractivity contribution in [3.63, 3.8) is 0 Å². The van der Waals surface area contributed by atoms with Crippen LogP contribution in [0.4, 0.5) is 4.79 Å². The number of hydrogen-bond donors (Lipinski definition) is 2. The smallest absolute Gasteiger partial charge is 0.407 e. The number of alkyl carbamates (subject to hydrolysis) is 1. The summed E-state index contributed by atoms with van der Waals surface area (Å²) in [6.07, 6.45) is 8.32. The molecule has 1 aliphatic carbocycles. The fourth-order valence-electron chi connectivity index (χ4n) is 3.40. The first-order chi connectivity index (χ1) is 13.3. The Morgan fingerprint density at radius 2 is 1.89 bits per heavy atom. The molecule has 1 aromatic carbocycles.